The SMILES string of the molecule is CN=C(NCC(C)(C)c1cccc(Cl)c1)N1CCCC(CC(N)=O)C1. The predicted octanol–water partition coefficient (Wildman–Crippen LogP) is 2.78. The van der Waals surface area contributed by atoms with Gasteiger partial charge in [-0.15, -0.1) is 0 Å². The molecule has 1 fully saturated rings. The fourth-order valence-corrected chi connectivity index (χ4v) is 3.54. The Hall–Kier alpha value is -1.75. The van der Waals surface area contributed by atoms with Crippen LogP contribution in [0.4, 0.5) is 0 Å². The third-order valence-corrected chi connectivity index (χ3v) is 5.05. The first-order chi connectivity index (χ1) is 11.8. The third-order valence-electron chi connectivity index (χ3n) is 4.81. The van der Waals surface area contributed by atoms with Crippen molar-refractivity contribution >= 4 is 23.5 Å². The van der Waals surface area contributed by atoms with E-state index in [2.05, 4.69) is 35.1 Å². The molecular formula is C19H29ClN4O. The molecule has 3 N–H and O–H groups in total. The maximum atomic E-state index is 11.2. The Balaban J connectivity index is 1.98. The number of aliphatic imine (C=N–C) groups is 1. The van der Waals surface area contributed by atoms with Crippen molar-refractivity contribution in [1.29, 1.82) is 0 Å². The summed E-state index contributed by atoms with van der Waals surface area (Å²) in [6, 6.07) is 7.98. The van der Waals surface area contributed by atoms with E-state index in [1.807, 2.05) is 18.2 Å². The van der Waals surface area contributed by atoms with Crippen molar-refractivity contribution in [1.82, 2.24) is 10.2 Å². The van der Waals surface area contributed by atoms with Gasteiger partial charge in [-0.1, -0.05) is 37.6 Å². The van der Waals surface area contributed by atoms with E-state index in [4.69, 9.17) is 17.3 Å². The van der Waals surface area contributed by atoms with Gasteiger partial charge >= 0.3 is 0 Å². The Labute approximate surface area is 155 Å². The minimum atomic E-state index is -0.225. The molecule has 6 heteroatoms. The summed E-state index contributed by atoms with van der Waals surface area (Å²) in [5.41, 5.74) is 6.46. The van der Waals surface area contributed by atoms with Gasteiger partial charge in [0.05, 0.1) is 0 Å². The molecule has 0 aromatic heterocycles. The molecule has 0 spiro atoms. The summed E-state index contributed by atoms with van der Waals surface area (Å²) in [5.74, 6) is 0.965. The van der Waals surface area contributed by atoms with Gasteiger partial charge < -0.3 is 16.0 Å². The van der Waals surface area contributed by atoms with Crippen LogP contribution in [0.5, 0.6) is 0 Å². The number of nitrogens with two attached hydrogens (primary N) is 1. The number of guanidine groups is 1. The van der Waals surface area contributed by atoms with Crippen molar-refractivity contribution in [2.24, 2.45) is 16.6 Å². The molecule has 1 heterocycles. The second-order valence-electron chi connectivity index (χ2n) is 7.42. The Morgan fingerprint density at radius 1 is 1.48 bits per heavy atom. The largest absolute Gasteiger partial charge is 0.370 e. The molecule has 1 saturated heterocycles. The highest BCUT2D eigenvalue weighted by atomic mass is 35.5. The van der Waals surface area contributed by atoms with E-state index < -0.39 is 0 Å². The number of nitrogens with one attached hydrogen (secondary N) is 1. The van der Waals surface area contributed by atoms with Crippen LogP contribution in [0.1, 0.15) is 38.7 Å². The van der Waals surface area contributed by atoms with Gasteiger partial charge in [-0.25, -0.2) is 0 Å². The fourth-order valence-electron chi connectivity index (χ4n) is 3.35. The molecule has 0 aliphatic carbocycles. The second-order valence-corrected chi connectivity index (χ2v) is 7.86. The summed E-state index contributed by atoms with van der Waals surface area (Å²) in [6.07, 6.45) is 2.54. The number of amides is 1. The van der Waals surface area contributed by atoms with E-state index in [1.165, 1.54) is 5.56 Å². The highest BCUT2D eigenvalue weighted by Crippen LogP contribution is 2.25. The monoisotopic (exact) mass is 364 g/mol. The van der Waals surface area contributed by atoms with Crippen molar-refractivity contribution in [2.75, 3.05) is 26.7 Å². The van der Waals surface area contributed by atoms with E-state index in [1.54, 1.807) is 7.05 Å². The zero-order valence-electron chi connectivity index (χ0n) is 15.4. The number of halogens is 1. The summed E-state index contributed by atoms with van der Waals surface area (Å²) in [6.45, 7) is 6.89. The minimum Gasteiger partial charge on any atom is -0.370 e. The average molecular weight is 365 g/mol. The molecule has 138 valence electrons. The zero-order valence-corrected chi connectivity index (χ0v) is 16.1. The summed E-state index contributed by atoms with van der Waals surface area (Å²) in [7, 11) is 1.80. The van der Waals surface area contributed by atoms with E-state index >= 15 is 0 Å². The molecule has 1 unspecified atom stereocenters. The van der Waals surface area contributed by atoms with Gasteiger partial charge in [-0.3, -0.25) is 9.79 Å². The number of carbonyl (C=O) groups excluding carboxylic acids is 1. The summed E-state index contributed by atoms with van der Waals surface area (Å²) in [4.78, 5) is 17.9. The van der Waals surface area contributed by atoms with Crippen LogP contribution < -0.4 is 11.1 Å². The normalized spacial score (nSPS) is 19.0. The minimum absolute atomic E-state index is 0.0801. The lowest BCUT2D eigenvalue weighted by atomic mass is 9.84. The van der Waals surface area contributed by atoms with Crippen molar-refractivity contribution in [3.63, 3.8) is 0 Å². The maximum Gasteiger partial charge on any atom is 0.217 e. The molecule has 1 aromatic carbocycles. The number of primary amides is 1. The number of carbonyl (C=O) groups is 1. The smallest absolute Gasteiger partial charge is 0.217 e. The van der Waals surface area contributed by atoms with E-state index in [0.717, 1.165) is 43.5 Å². The average Bonchev–Trinajstić information content (AvgIpc) is 2.55. The van der Waals surface area contributed by atoms with Crippen LogP contribution >= 0.6 is 11.6 Å². The molecule has 25 heavy (non-hydrogen) atoms. The third kappa shape index (κ3) is 5.63. The topological polar surface area (TPSA) is 70.7 Å². The Kier molecular flexibility index (Phi) is 6.71. The second kappa shape index (κ2) is 8.56. The van der Waals surface area contributed by atoms with Crippen LogP contribution in [-0.4, -0.2) is 43.4 Å². The van der Waals surface area contributed by atoms with Gasteiger partial charge in [-0.05, 0) is 36.5 Å². The summed E-state index contributed by atoms with van der Waals surface area (Å²) < 4.78 is 0. The van der Waals surface area contributed by atoms with Crippen molar-refractivity contribution in [3.8, 4) is 0 Å². The lowest BCUT2D eigenvalue weighted by Gasteiger charge is -2.36. The Morgan fingerprint density at radius 2 is 2.24 bits per heavy atom. The van der Waals surface area contributed by atoms with E-state index in [-0.39, 0.29) is 11.3 Å². The van der Waals surface area contributed by atoms with Gasteiger partial charge in [0.15, 0.2) is 5.96 Å². The highest BCUT2D eigenvalue weighted by molar-refractivity contribution is 6.30. The predicted molar refractivity (Wildman–Crippen MR) is 104 cm³/mol. The van der Waals surface area contributed by atoms with Crippen LogP contribution in [0.3, 0.4) is 0 Å². The summed E-state index contributed by atoms with van der Waals surface area (Å²) in [5, 5.41) is 4.24. The van der Waals surface area contributed by atoms with Gasteiger partial charge in [-0.2, -0.15) is 0 Å². The fraction of sp³-hybridized carbons (Fsp3) is 0.579. The number of piperidine rings is 1. The summed E-state index contributed by atoms with van der Waals surface area (Å²) >= 11 is 6.13. The molecule has 1 aliphatic heterocycles. The molecular weight excluding hydrogens is 336 g/mol. The molecule has 0 radical (unpaired) electrons. The Morgan fingerprint density at radius 3 is 2.88 bits per heavy atom. The van der Waals surface area contributed by atoms with E-state index in [0.29, 0.717) is 12.3 Å². The van der Waals surface area contributed by atoms with Crippen molar-refractivity contribution in [3.05, 3.63) is 34.9 Å². The molecule has 5 nitrogen and oxygen atoms in total. The van der Waals surface area contributed by atoms with Crippen LogP contribution in [0.25, 0.3) is 0 Å². The van der Waals surface area contributed by atoms with Crippen LogP contribution in [0, 0.1) is 5.92 Å². The zero-order chi connectivity index (χ0) is 18.4. The van der Waals surface area contributed by atoms with E-state index in [9.17, 15) is 4.79 Å². The molecule has 1 aliphatic rings. The number of likely N-dealkylation sites (tertiary alicyclic amines) is 1. The lowest BCUT2D eigenvalue weighted by molar-refractivity contribution is -0.119. The first-order valence-electron chi connectivity index (χ1n) is 8.82. The van der Waals surface area contributed by atoms with Crippen molar-refractivity contribution in [2.45, 2.75) is 38.5 Å². The van der Waals surface area contributed by atoms with Crippen LogP contribution in [-0.2, 0) is 10.2 Å². The molecule has 1 aromatic rings. The lowest BCUT2D eigenvalue weighted by Crippen LogP contribution is -2.49. The van der Waals surface area contributed by atoms with Gasteiger partial charge in [0.2, 0.25) is 5.91 Å². The van der Waals surface area contributed by atoms with Gasteiger partial charge in [0.25, 0.3) is 0 Å². The number of benzene rings is 1. The van der Waals surface area contributed by atoms with Crippen LogP contribution in [0.15, 0.2) is 29.3 Å². The standard InChI is InChI=1S/C19H29ClN4O/c1-19(2,15-7-4-8-16(20)11-15)13-23-18(22-3)24-9-5-6-14(12-24)10-17(21)25/h4,7-8,11,14H,5-6,9-10,12-13H2,1-3H3,(H2,21,25)(H,22,23). The van der Waals surface area contributed by atoms with Gasteiger partial charge in [0.1, 0.15) is 0 Å². The molecule has 1 amide bonds. The molecule has 0 saturated carbocycles. The van der Waals surface area contributed by atoms with Crippen molar-refractivity contribution < 1.29 is 4.79 Å². The molecule has 1 atom stereocenters. The number of hydrogen-bond acceptors (Lipinski definition) is 2. The number of nitrogens with zero attached hydrogens (tertiary/aromatic N) is 2. The first kappa shape index (κ1) is 19.6. The molecule has 0 bridgehead atoms. The highest BCUT2D eigenvalue weighted by Gasteiger charge is 2.26. The number of rotatable bonds is 5. The Bertz CT molecular complexity index is 630. The van der Waals surface area contributed by atoms with Crippen LogP contribution in [0.2, 0.25) is 5.02 Å². The maximum absolute atomic E-state index is 11.2. The first-order valence-corrected chi connectivity index (χ1v) is 9.19. The van der Waals surface area contributed by atoms with Gasteiger partial charge in [0, 0.05) is 43.5 Å². The quantitative estimate of drug-likeness (QED) is 0.623. The number of hydrogen-bond donors (Lipinski definition) is 2. The molecule has 2 rings (SSSR count).